The topological polar surface area (TPSA) is 54.0 Å². The van der Waals surface area contributed by atoms with Crippen LogP contribution in [0.4, 0.5) is 5.82 Å². The Hall–Kier alpha value is -1.62. The minimum absolute atomic E-state index is 0.239. The first-order valence-electron chi connectivity index (χ1n) is 5.92. The first-order chi connectivity index (χ1) is 8.24. The van der Waals surface area contributed by atoms with E-state index in [4.69, 9.17) is 4.74 Å². The fourth-order valence-corrected chi connectivity index (χ4v) is 2.46. The zero-order valence-corrected chi connectivity index (χ0v) is 10.1. The average Bonchev–Trinajstić information content (AvgIpc) is 2.75. The molecule has 1 N–H and O–H groups in total. The maximum Gasteiger partial charge on any atom is 0.142 e. The molecule has 2 atom stereocenters. The second-order valence-electron chi connectivity index (χ2n) is 4.60. The number of hydrogen-bond donors (Lipinski definition) is 1. The standard InChI is InChI=1S/C12H16N4O/c1-8-5-16(6-9(2)17-8)12-10-3-4-13-11(10)14-7-15-12/h3-4,7-9H,5-6H2,1-2H3,(H,13,14,15). The minimum atomic E-state index is 0.239. The van der Waals surface area contributed by atoms with E-state index in [1.165, 1.54) is 0 Å². The third kappa shape index (κ3) is 1.86. The molecule has 1 aliphatic rings. The summed E-state index contributed by atoms with van der Waals surface area (Å²) in [6.07, 6.45) is 3.99. The molecule has 1 saturated heterocycles. The first kappa shape index (κ1) is 10.5. The van der Waals surface area contributed by atoms with Crippen molar-refractivity contribution >= 4 is 16.9 Å². The highest BCUT2D eigenvalue weighted by Gasteiger charge is 2.24. The van der Waals surface area contributed by atoms with Gasteiger partial charge in [-0.25, -0.2) is 9.97 Å². The molecule has 1 fully saturated rings. The number of aromatic amines is 1. The maximum atomic E-state index is 5.74. The molecule has 3 rings (SSSR count). The van der Waals surface area contributed by atoms with Crippen molar-refractivity contribution in [2.45, 2.75) is 26.1 Å². The number of ether oxygens (including phenoxy) is 1. The van der Waals surface area contributed by atoms with E-state index in [0.29, 0.717) is 0 Å². The van der Waals surface area contributed by atoms with Crippen LogP contribution in [0.2, 0.25) is 0 Å². The molecule has 0 radical (unpaired) electrons. The number of anilines is 1. The average molecular weight is 232 g/mol. The number of H-pyrrole nitrogens is 1. The van der Waals surface area contributed by atoms with Crippen molar-refractivity contribution in [3.63, 3.8) is 0 Å². The summed E-state index contributed by atoms with van der Waals surface area (Å²) in [4.78, 5) is 14.0. The van der Waals surface area contributed by atoms with Crippen LogP contribution in [0.3, 0.4) is 0 Å². The number of fused-ring (bicyclic) bond motifs is 1. The van der Waals surface area contributed by atoms with Gasteiger partial charge in [0.2, 0.25) is 0 Å². The second kappa shape index (κ2) is 4.00. The van der Waals surface area contributed by atoms with Crippen LogP contribution in [0, 0.1) is 0 Å². The molecular weight excluding hydrogens is 216 g/mol. The molecule has 0 spiro atoms. The van der Waals surface area contributed by atoms with E-state index >= 15 is 0 Å². The summed E-state index contributed by atoms with van der Waals surface area (Å²) >= 11 is 0. The van der Waals surface area contributed by atoms with Crippen LogP contribution < -0.4 is 4.90 Å². The van der Waals surface area contributed by atoms with Crippen LogP contribution in [0.15, 0.2) is 18.6 Å². The normalized spacial score (nSPS) is 25.4. The van der Waals surface area contributed by atoms with Gasteiger partial charge in [0.15, 0.2) is 0 Å². The molecule has 0 aliphatic carbocycles. The molecule has 5 heteroatoms. The molecule has 1 aliphatic heterocycles. The number of aromatic nitrogens is 3. The summed E-state index contributed by atoms with van der Waals surface area (Å²) in [6, 6.07) is 2.02. The quantitative estimate of drug-likeness (QED) is 0.811. The van der Waals surface area contributed by atoms with Crippen molar-refractivity contribution in [1.82, 2.24) is 15.0 Å². The van der Waals surface area contributed by atoms with Gasteiger partial charge in [0.05, 0.1) is 17.6 Å². The second-order valence-corrected chi connectivity index (χ2v) is 4.60. The molecule has 3 heterocycles. The fraction of sp³-hybridized carbons (Fsp3) is 0.500. The van der Waals surface area contributed by atoms with Gasteiger partial charge in [-0.2, -0.15) is 0 Å². The third-order valence-corrected chi connectivity index (χ3v) is 3.05. The van der Waals surface area contributed by atoms with E-state index in [9.17, 15) is 0 Å². The summed E-state index contributed by atoms with van der Waals surface area (Å²) in [5.74, 6) is 0.998. The largest absolute Gasteiger partial charge is 0.372 e. The van der Waals surface area contributed by atoms with Gasteiger partial charge >= 0.3 is 0 Å². The predicted molar refractivity (Wildman–Crippen MR) is 66.1 cm³/mol. The molecule has 5 nitrogen and oxygen atoms in total. The lowest BCUT2D eigenvalue weighted by molar-refractivity contribution is -0.00537. The third-order valence-electron chi connectivity index (χ3n) is 3.05. The zero-order chi connectivity index (χ0) is 11.8. The van der Waals surface area contributed by atoms with Crippen molar-refractivity contribution in [1.29, 1.82) is 0 Å². The molecule has 2 unspecified atom stereocenters. The molecule has 0 saturated carbocycles. The van der Waals surface area contributed by atoms with Crippen LogP contribution in [0.25, 0.3) is 11.0 Å². The van der Waals surface area contributed by atoms with Gasteiger partial charge in [-0.3, -0.25) is 0 Å². The maximum absolute atomic E-state index is 5.74. The predicted octanol–water partition coefficient (Wildman–Crippen LogP) is 1.57. The molecular formula is C12H16N4O. The highest BCUT2D eigenvalue weighted by atomic mass is 16.5. The van der Waals surface area contributed by atoms with Gasteiger partial charge in [0.25, 0.3) is 0 Å². The van der Waals surface area contributed by atoms with E-state index < -0.39 is 0 Å². The van der Waals surface area contributed by atoms with Crippen molar-refractivity contribution in [3.05, 3.63) is 18.6 Å². The van der Waals surface area contributed by atoms with Crippen LogP contribution in [0.5, 0.6) is 0 Å². The van der Waals surface area contributed by atoms with Crippen LogP contribution in [-0.4, -0.2) is 40.2 Å². The smallest absolute Gasteiger partial charge is 0.142 e. The lowest BCUT2D eigenvalue weighted by atomic mass is 10.2. The van der Waals surface area contributed by atoms with Gasteiger partial charge in [0.1, 0.15) is 17.8 Å². The van der Waals surface area contributed by atoms with Gasteiger partial charge in [0, 0.05) is 19.3 Å². The van der Waals surface area contributed by atoms with Crippen LogP contribution >= 0.6 is 0 Å². The summed E-state index contributed by atoms with van der Waals surface area (Å²) in [5, 5.41) is 1.08. The van der Waals surface area contributed by atoms with Crippen molar-refractivity contribution < 1.29 is 4.74 Å². The Morgan fingerprint density at radius 1 is 1.29 bits per heavy atom. The summed E-state index contributed by atoms with van der Waals surface area (Å²) in [6.45, 7) is 5.94. The zero-order valence-electron chi connectivity index (χ0n) is 10.1. The summed E-state index contributed by atoms with van der Waals surface area (Å²) in [7, 11) is 0. The van der Waals surface area contributed by atoms with Gasteiger partial charge in [-0.15, -0.1) is 0 Å². The fourth-order valence-electron chi connectivity index (χ4n) is 2.46. The van der Waals surface area contributed by atoms with Gasteiger partial charge in [-0.1, -0.05) is 0 Å². The molecule has 0 aromatic carbocycles. The van der Waals surface area contributed by atoms with Gasteiger partial charge in [-0.05, 0) is 19.9 Å². The Bertz CT molecular complexity index is 514. The molecule has 0 amide bonds. The number of hydrogen-bond acceptors (Lipinski definition) is 4. The van der Waals surface area contributed by atoms with Crippen molar-refractivity contribution in [3.8, 4) is 0 Å². The monoisotopic (exact) mass is 232 g/mol. The molecule has 2 aromatic rings. The minimum Gasteiger partial charge on any atom is -0.372 e. The summed E-state index contributed by atoms with van der Waals surface area (Å²) in [5.41, 5.74) is 0.891. The van der Waals surface area contributed by atoms with Gasteiger partial charge < -0.3 is 14.6 Å². The van der Waals surface area contributed by atoms with E-state index in [1.807, 2.05) is 12.3 Å². The SMILES string of the molecule is CC1CN(c2ncnc3[nH]ccc23)CC(C)O1. The lowest BCUT2D eigenvalue weighted by Gasteiger charge is -2.36. The first-order valence-corrected chi connectivity index (χ1v) is 5.92. The van der Waals surface area contributed by atoms with E-state index in [-0.39, 0.29) is 12.2 Å². The molecule has 17 heavy (non-hydrogen) atoms. The Morgan fingerprint density at radius 3 is 2.82 bits per heavy atom. The summed E-state index contributed by atoms with van der Waals surface area (Å²) < 4.78 is 5.74. The van der Waals surface area contributed by atoms with Crippen molar-refractivity contribution in [2.75, 3.05) is 18.0 Å². The molecule has 90 valence electrons. The Kier molecular flexibility index (Phi) is 2.48. The van der Waals surface area contributed by atoms with Crippen LogP contribution in [0.1, 0.15) is 13.8 Å². The van der Waals surface area contributed by atoms with E-state index in [1.54, 1.807) is 6.33 Å². The molecule has 2 aromatic heterocycles. The Labute approximate surface area is 99.8 Å². The molecule has 0 bridgehead atoms. The Balaban J connectivity index is 2.00. The van der Waals surface area contributed by atoms with Crippen LogP contribution in [-0.2, 0) is 4.74 Å². The number of morpholine rings is 1. The number of nitrogens with zero attached hydrogens (tertiary/aromatic N) is 3. The number of rotatable bonds is 1. The lowest BCUT2D eigenvalue weighted by Crippen LogP contribution is -2.45. The number of nitrogens with one attached hydrogen (secondary N) is 1. The Morgan fingerprint density at radius 2 is 2.06 bits per heavy atom. The highest BCUT2D eigenvalue weighted by Crippen LogP contribution is 2.24. The van der Waals surface area contributed by atoms with E-state index in [2.05, 4.69) is 33.7 Å². The van der Waals surface area contributed by atoms with Crippen molar-refractivity contribution in [2.24, 2.45) is 0 Å². The highest BCUT2D eigenvalue weighted by molar-refractivity contribution is 5.87. The van der Waals surface area contributed by atoms with E-state index in [0.717, 1.165) is 29.9 Å².